The lowest BCUT2D eigenvalue weighted by molar-refractivity contribution is -0.119. The molecule has 0 bridgehead atoms. The van der Waals surface area contributed by atoms with Gasteiger partial charge in [-0.15, -0.1) is 0 Å². The second kappa shape index (κ2) is 8.49. The van der Waals surface area contributed by atoms with Crippen LogP contribution < -0.4 is 9.62 Å². The van der Waals surface area contributed by atoms with Gasteiger partial charge in [-0.25, -0.2) is 26.0 Å². The van der Waals surface area contributed by atoms with Crippen molar-refractivity contribution in [2.24, 2.45) is 0 Å². The number of rotatable bonds is 6. The summed E-state index contributed by atoms with van der Waals surface area (Å²) < 4.78 is 82.9. The highest BCUT2D eigenvalue weighted by molar-refractivity contribution is 7.91. The van der Waals surface area contributed by atoms with Gasteiger partial charge in [0.15, 0.2) is 23.3 Å². The summed E-state index contributed by atoms with van der Waals surface area (Å²) in [7, 11) is -4.40. The van der Waals surface area contributed by atoms with Crippen molar-refractivity contribution in [3.05, 3.63) is 58.2 Å². The van der Waals surface area contributed by atoms with Gasteiger partial charge in [0.2, 0.25) is 15.9 Å². The van der Waals surface area contributed by atoms with E-state index in [0.29, 0.717) is 12.2 Å². The molecule has 2 aromatic carbocycles. The summed E-state index contributed by atoms with van der Waals surface area (Å²) in [5, 5.41) is 0. The number of sulfonamides is 1. The minimum Gasteiger partial charge on any atom is -0.312 e. The molecular formula is C21H22F4N2O3S. The van der Waals surface area contributed by atoms with Crippen LogP contribution in [0.25, 0.3) is 0 Å². The first kappa shape index (κ1) is 23.1. The van der Waals surface area contributed by atoms with E-state index in [0.717, 1.165) is 18.9 Å². The Morgan fingerprint density at radius 1 is 1.10 bits per heavy atom. The van der Waals surface area contributed by atoms with E-state index < -0.39 is 50.2 Å². The number of hydrogen-bond donors (Lipinski definition) is 1. The predicted octanol–water partition coefficient (Wildman–Crippen LogP) is 4.74. The number of nitrogens with one attached hydrogen (secondary N) is 1. The monoisotopic (exact) mass is 458 g/mol. The first-order valence-corrected chi connectivity index (χ1v) is 11.4. The van der Waals surface area contributed by atoms with Crippen LogP contribution in [0.2, 0.25) is 0 Å². The van der Waals surface area contributed by atoms with Crippen molar-refractivity contribution in [2.75, 3.05) is 16.2 Å². The van der Waals surface area contributed by atoms with Gasteiger partial charge in [-0.3, -0.25) is 9.52 Å². The Kier molecular flexibility index (Phi) is 6.31. The molecule has 2 aromatic rings. The number of fused-ring (bicyclic) bond motifs is 1. The van der Waals surface area contributed by atoms with E-state index in [4.69, 9.17) is 0 Å². The SMILES string of the molecule is CCCN1C(=O)CC(C)c2cc(NS(=O)(=O)Cc3c(F)c(F)c(C)c(F)c3F)ccc21. The maximum atomic E-state index is 14.1. The summed E-state index contributed by atoms with van der Waals surface area (Å²) in [5.41, 5.74) is -0.533. The third-order valence-electron chi connectivity index (χ3n) is 5.26. The van der Waals surface area contributed by atoms with E-state index in [2.05, 4.69) is 4.72 Å². The van der Waals surface area contributed by atoms with E-state index in [1.807, 2.05) is 13.8 Å². The summed E-state index contributed by atoms with van der Waals surface area (Å²) >= 11 is 0. The Bertz CT molecular complexity index is 1120. The van der Waals surface area contributed by atoms with E-state index in [1.165, 1.54) is 6.07 Å². The summed E-state index contributed by atoms with van der Waals surface area (Å²) in [4.78, 5) is 13.9. The van der Waals surface area contributed by atoms with Crippen molar-refractivity contribution in [2.45, 2.75) is 45.3 Å². The molecule has 0 radical (unpaired) electrons. The van der Waals surface area contributed by atoms with Crippen molar-refractivity contribution >= 4 is 27.3 Å². The lowest BCUT2D eigenvalue weighted by Crippen LogP contribution is -2.36. The summed E-state index contributed by atoms with van der Waals surface area (Å²) in [6, 6.07) is 4.58. The van der Waals surface area contributed by atoms with E-state index in [9.17, 15) is 30.8 Å². The Morgan fingerprint density at radius 2 is 1.71 bits per heavy atom. The first-order valence-electron chi connectivity index (χ1n) is 9.73. The molecule has 0 saturated heterocycles. The number of halogens is 4. The highest BCUT2D eigenvalue weighted by atomic mass is 32.2. The maximum absolute atomic E-state index is 14.1. The van der Waals surface area contributed by atoms with Gasteiger partial charge in [-0.05, 0) is 43.0 Å². The standard InChI is InChI=1S/C21H22F4N2O3S/c1-4-7-27-16-6-5-13(9-14(16)11(2)8-17(27)28)26-31(29,30)10-15-20(24)18(22)12(3)19(23)21(15)25/h5-6,9,11,26H,4,7-8,10H2,1-3H3. The highest BCUT2D eigenvalue weighted by Gasteiger charge is 2.30. The van der Waals surface area contributed by atoms with Crippen molar-refractivity contribution in [1.82, 2.24) is 0 Å². The second-order valence-electron chi connectivity index (χ2n) is 7.64. The lowest BCUT2D eigenvalue weighted by Gasteiger charge is -2.33. The minimum atomic E-state index is -4.40. The van der Waals surface area contributed by atoms with Gasteiger partial charge in [0.1, 0.15) is 5.75 Å². The Hall–Kier alpha value is -2.62. The molecule has 10 heteroatoms. The zero-order valence-corrected chi connectivity index (χ0v) is 18.0. The van der Waals surface area contributed by atoms with Crippen LogP contribution in [0.15, 0.2) is 18.2 Å². The molecule has 1 unspecified atom stereocenters. The van der Waals surface area contributed by atoms with Gasteiger partial charge >= 0.3 is 0 Å². The predicted molar refractivity (Wildman–Crippen MR) is 109 cm³/mol. The van der Waals surface area contributed by atoms with E-state index in [1.54, 1.807) is 17.0 Å². The molecule has 168 valence electrons. The van der Waals surface area contributed by atoms with Gasteiger partial charge in [0.05, 0.1) is 0 Å². The third kappa shape index (κ3) is 4.39. The van der Waals surface area contributed by atoms with Gasteiger partial charge in [0.25, 0.3) is 0 Å². The number of carbonyl (C=O) groups excluding carboxylic acids is 1. The molecule has 0 spiro atoms. The van der Waals surface area contributed by atoms with Gasteiger partial charge in [0, 0.05) is 35.5 Å². The average molecular weight is 458 g/mol. The van der Waals surface area contributed by atoms with Crippen LogP contribution in [0, 0.1) is 30.2 Å². The van der Waals surface area contributed by atoms with Crippen LogP contribution in [-0.4, -0.2) is 20.9 Å². The van der Waals surface area contributed by atoms with Crippen LogP contribution in [-0.2, 0) is 20.6 Å². The molecular weight excluding hydrogens is 436 g/mol. The fourth-order valence-corrected chi connectivity index (χ4v) is 4.85. The maximum Gasteiger partial charge on any atom is 0.237 e. The molecule has 0 aromatic heterocycles. The molecule has 0 fully saturated rings. The molecule has 0 saturated carbocycles. The average Bonchev–Trinajstić information content (AvgIpc) is 2.71. The number of hydrogen-bond acceptors (Lipinski definition) is 3. The summed E-state index contributed by atoms with van der Waals surface area (Å²) in [6.07, 6.45) is 1.01. The molecule has 1 atom stereocenters. The van der Waals surface area contributed by atoms with Crippen LogP contribution in [0.5, 0.6) is 0 Å². The molecule has 0 aliphatic carbocycles. The normalized spacial score (nSPS) is 16.4. The molecule has 1 aliphatic rings. The van der Waals surface area contributed by atoms with Crippen molar-refractivity contribution < 1.29 is 30.8 Å². The number of amides is 1. The molecule has 1 aliphatic heterocycles. The molecule has 5 nitrogen and oxygen atoms in total. The van der Waals surface area contributed by atoms with Crippen molar-refractivity contribution in [3.63, 3.8) is 0 Å². The molecule has 31 heavy (non-hydrogen) atoms. The van der Waals surface area contributed by atoms with Gasteiger partial charge in [-0.2, -0.15) is 0 Å². The zero-order chi connectivity index (χ0) is 23.1. The number of anilines is 2. The molecule has 1 amide bonds. The van der Waals surface area contributed by atoms with Crippen LogP contribution in [0.3, 0.4) is 0 Å². The fraction of sp³-hybridized carbons (Fsp3) is 0.381. The van der Waals surface area contributed by atoms with E-state index >= 15 is 0 Å². The van der Waals surface area contributed by atoms with Crippen molar-refractivity contribution in [1.29, 1.82) is 0 Å². The Labute approximate surface area is 178 Å². The van der Waals surface area contributed by atoms with Crippen LogP contribution >= 0.6 is 0 Å². The minimum absolute atomic E-state index is 0.0236. The fourth-order valence-electron chi connectivity index (χ4n) is 3.66. The number of benzene rings is 2. The van der Waals surface area contributed by atoms with Gasteiger partial charge < -0.3 is 4.90 Å². The first-order chi connectivity index (χ1) is 14.5. The van der Waals surface area contributed by atoms with Crippen LogP contribution in [0.1, 0.15) is 49.3 Å². The quantitative estimate of drug-likeness (QED) is 0.502. The Balaban J connectivity index is 1.92. The third-order valence-corrected chi connectivity index (χ3v) is 6.48. The smallest absolute Gasteiger partial charge is 0.237 e. The van der Waals surface area contributed by atoms with Crippen LogP contribution in [0.4, 0.5) is 28.9 Å². The molecule has 1 N–H and O–H groups in total. The van der Waals surface area contributed by atoms with E-state index in [-0.39, 0.29) is 23.9 Å². The second-order valence-corrected chi connectivity index (χ2v) is 9.37. The summed E-state index contributed by atoms with van der Waals surface area (Å²) in [5.74, 6) is -8.21. The highest BCUT2D eigenvalue weighted by Crippen LogP contribution is 2.38. The number of nitrogens with zero attached hydrogens (tertiary/aromatic N) is 1. The lowest BCUT2D eigenvalue weighted by atomic mass is 9.90. The zero-order valence-electron chi connectivity index (χ0n) is 17.2. The Morgan fingerprint density at radius 3 is 2.29 bits per heavy atom. The van der Waals surface area contributed by atoms with Crippen molar-refractivity contribution in [3.8, 4) is 0 Å². The summed E-state index contributed by atoms with van der Waals surface area (Å²) in [6.45, 7) is 5.14. The largest absolute Gasteiger partial charge is 0.312 e. The molecule has 3 rings (SSSR count). The number of carbonyl (C=O) groups is 1. The topological polar surface area (TPSA) is 66.5 Å². The molecule has 1 heterocycles. The van der Waals surface area contributed by atoms with Gasteiger partial charge in [-0.1, -0.05) is 13.8 Å².